The number of nitriles is 1. The van der Waals surface area contributed by atoms with Crippen molar-refractivity contribution in [2.24, 2.45) is 0 Å². The zero-order chi connectivity index (χ0) is 24.9. The van der Waals surface area contributed by atoms with Crippen LogP contribution in [0.1, 0.15) is 19.4 Å². The minimum atomic E-state index is -5.74. The van der Waals surface area contributed by atoms with E-state index in [1.807, 2.05) is 6.07 Å². The van der Waals surface area contributed by atoms with E-state index in [-0.39, 0.29) is 32.1 Å². The molecule has 0 aliphatic carbocycles. The van der Waals surface area contributed by atoms with Crippen molar-refractivity contribution in [3.05, 3.63) is 52.0 Å². The summed E-state index contributed by atoms with van der Waals surface area (Å²) in [6, 6.07) is 9.77. The molecule has 33 heavy (non-hydrogen) atoms. The second kappa shape index (κ2) is 8.32. The van der Waals surface area contributed by atoms with Gasteiger partial charge in [0.1, 0.15) is 11.6 Å². The molecule has 1 N–H and O–H groups in total. The van der Waals surface area contributed by atoms with Crippen LogP contribution in [0.5, 0.6) is 0 Å². The topological polar surface area (TPSA) is 93.5 Å². The number of benzene rings is 2. The van der Waals surface area contributed by atoms with Crippen LogP contribution in [0.2, 0.25) is 10.0 Å². The summed E-state index contributed by atoms with van der Waals surface area (Å²) >= 11 is 17.4. The summed E-state index contributed by atoms with van der Waals surface area (Å²) < 4.78 is 62.9. The molecule has 0 aromatic heterocycles. The molecular weight excluding hydrogens is 524 g/mol. The van der Waals surface area contributed by atoms with Crippen molar-refractivity contribution in [3.63, 3.8) is 0 Å². The quantitative estimate of drug-likeness (QED) is 0.550. The Hall–Kier alpha value is -2.59. The normalized spacial score (nSPS) is 16.2. The first kappa shape index (κ1) is 25.0. The smallest absolute Gasteiger partial charge is 0.303 e. The minimum Gasteiger partial charge on any atom is -0.303 e. The molecule has 1 heterocycles. The molecule has 1 aliphatic heterocycles. The highest BCUT2D eigenvalue weighted by molar-refractivity contribution is 7.93. The van der Waals surface area contributed by atoms with Crippen LogP contribution in [-0.2, 0) is 14.8 Å². The maximum absolute atomic E-state index is 13.2. The SMILES string of the molecule is CC1(C)C(=O)N(c2ccc(C#N)c(Cl)c2)C(=S)N1c1ccc(Cl)c(NS(=O)(=O)C(F)(F)F)c1. The van der Waals surface area contributed by atoms with Gasteiger partial charge in [-0.25, -0.2) is 0 Å². The number of halogens is 5. The lowest BCUT2D eigenvalue weighted by Crippen LogP contribution is -2.44. The lowest BCUT2D eigenvalue weighted by Gasteiger charge is -2.30. The summed E-state index contributed by atoms with van der Waals surface area (Å²) in [5.74, 6) is -0.486. The molecule has 1 amide bonds. The summed E-state index contributed by atoms with van der Waals surface area (Å²) in [5, 5.41) is 8.81. The lowest BCUT2D eigenvalue weighted by molar-refractivity contribution is -0.120. The predicted octanol–water partition coefficient (Wildman–Crippen LogP) is 5.04. The number of alkyl halides is 3. The Labute approximate surface area is 202 Å². The maximum Gasteiger partial charge on any atom is 0.516 e. The summed E-state index contributed by atoms with van der Waals surface area (Å²) in [5.41, 5.74) is -6.84. The second-order valence-corrected chi connectivity index (χ2v) is 10.2. The fraction of sp³-hybridized carbons (Fsp3) is 0.211. The number of nitrogens with one attached hydrogen (secondary N) is 1. The van der Waals surface area contributed by atoms with Crippen LogP contribution in [0.4, 0.5) is 30.2 Å². The average molecular weight is 537 g/mol. The Morgan fingerprint density at radius 2 is 1.70 bits per heavy atom. The Kier molecular flexibility index (Phi) is 6.31. The van der Waals surface area contributed by atoms with Crippen LogP contribution in [0.3, 0.4) is 0 Å². The summed E-state index contributed by atoms with van der Waals surface area (Å²) in [6.07, 6.45) is 0. The van der Waals surface area contributed by atoms with Gasteiger partial charge in [-0.3, -0.25) is 14.4 Å². The number of hydrogen-bond donors (Lipinski definition) is 1. The standard InChI is InChI=1S/C19H13Cl2F3N4O3S2/c1-18(2)16(29)27(11-4-3-10(9-25)14(21)7-11)17(32)28(18)12-5-6-13(20)15(8-12)26-33(30,31)19(22,23)24/h3-8,26H,1-2H3. The van der Waals surface area contributed by atoms with Gasteiger partial charge in [0.25, 0.3) is 5.91 Å². The highest BCUT2D eigenvalue weighted by Gasteiger charge is 2.51. The maximum atomic E-state index is 13.2. The summed E-state index contributed by atoms with van der Waals surface area (Å²) in [6.45, 7) is 3.06. The van der Waals surface area contributed by atoms with E-state index in [4.69, 9.17) is 40.7 Å². The van der Waals surface area contributed by atoms with Gasteiger partial charge in [-0.1, -0.05) is 23.2 Å². The van der Waals surface area contributed by atoms with Crippen LogP contribution in [0.15, 0.2) is 36.4 Å². The molecule has 2 aromatic carbocycles. The summed E-state index contributed by atoms with van der Waals surface area (Å²) in [7, 11) is -5.74. The van der Waals surface area contributed by atoms with Gasteiger partial charge in [0.05, 0.1) is 27.0 Å². The zero-order valence-corrected chi connectivity index (χ0v) is 19.9. The van der Waals surface area contributed by atoms with E-state index in [1.54, 1.807) is 0 Å². The van der Waals surface area contributed by atoms with Crippen LogP contribution in [-0.4, -0.2) is 30.5 Å². The van der Waals surface area contributed by atoms with Crippen molar-refractivity contribution < 1.29 is 26.4 Å². The lowest BCUT2D eigenvalue weighted by atomic mass is 10.0. The first-order chi connectivity index (χ1) is 15.1. The molecule has 3 rings (SSSR count). The molecule has 1 saturated heterocycles. The number of nitrogens with zero attached hydrogens (tertiary/aromatic N) is 3. The van der Waals surface area contributed by atoms with Gasteiger partial charge in [-0.05, 0) is 62.5 Å². The largest absolute Gasteiger partial charge is 0.516 e. The average Bonchev–Trinajstić information content (AvgIpc) is 2.87. The Morgan fingerprint density at radius 1 is 1.09 bits per heavy atom. The highest BCUT2D eigenvalue weighted by Crippen LogP contribution is 2.40. The fourth-order valence-corrected chi connectivity index (χ4v) is 4.66. The van der Waals surface area contributed by atoms with Gasteiger partial charge in [0.2, 0.25) is 0 Å². The van der Waals surface area contributed by atoms with Crippen molar-refractivity contribution in [3.8, 4) is 6.07 Å². The van der Waals surface area contributed by atoms with Gasteiger partial charge in [-0.15, -0.1) is 0 Å². The molecule has 2 aromatic rings. The zero-order valence-electron chi connectivity index (χ0n) is 16.7. The Morgan fingerprint density at radius 3 is 2.24 bits per heavy atom. The van der Waals surface area contributed by atoms with Crippen LogP contribution in [0, 0.1) is 11.3 Å². The molecule has 0 bridgehead atoms. The van der Waals surface area contributed by atoms with E-state index in [1.165, 1.54) is 53.8 Å². The van der Waals surface area contributed by atoms with Gasteiger partial charge in [-0.2, -0.15) is 26.9 Å². The molecular formula is C19H13Cl2F3N4O3S2. The van der Waals surface area contributed by atoms with Crippen LogP contribution >= 0.6 is 35.4 Å². The van der Waals surface area contributed by atoms with Crippen molar-refractivity contribution in [2.75, 3.05) is 14.5 Å². The molecule has 0 atom stereocenters. The van der Waals surface area contributed by atoms with Crippen molar-refractivity contribution in [1.82, 2.24) is 0 Å². The number of hydrogen-bond acceptors (Lipinski definition) is 5. The monoisotopic (exact) mass is 536 g/mol. The third kappa shape index (κ3) is 4.33. The number of anilines is 3. The number of rotatable bonds is 4. The molecule has 14 heteroatoms. The van der Waals surface area contributed by atoms with Crippen molar-refractivity contribution in [1.29, 1.82) is 5.26 Å². The molecule has 1 fully saturated rings. The number of sulfonamides is 1. The van der Waals surface area contributed by atoms with Crippen molar-refractivity contribution >= 4 is 73.5 Å². The van der Waals surface area contributed by atoms with E-state index in [0.29, 0.717) is 0 Å². The first-order valence-electron chi connectivity index (χ1n) is 8.89. The molecule has 7 nitrogen and oxygen atoms in total. The van der Waals surface area contributed by atoms with E-state index in [2.05, 4.69) is 0 Å². The van der Waals surface area contributed by atoms with E-state index >= 15 is 0 Å². The Bertz CT molecular complexity index is 1320. The fourth-order valence-electron chi connectivity index (χ4n) is 3.12. The number of amides is 1. The molecule has 0 saturated carbocycles. The van der Waals surface area contributed by atoms with E-state index in [9.17, 15) is 26.4 Å². The highest BCUT2D eigenvalue weighted by atomic mass is 35.5. The number of carbonyl (C=O) groups is 1. The predicted molar refractivity (Wildman–Crippen MR) is 123 cm³/mol. The molecule has 174 valence electrons. The van der Waals surface area contributed by atoms with Crippen LogP contribution < -0.4 is 14.5 Å². The molecule has 1 aliphatic rings. The van der Waals surface area contributed by atoms with E-state index in [0.717, 1.165) is 11.0 Å². The molecule has 0 radical (unpaired) electrons. The van der Waals surface area contributed by atoms with Gasteiger partial charge in [0.15, 0.2) is 5.11 Å². The third-order valence-corrected chi connectivity index (χ3v) is 6.86. The van der Waals surface area contributed by atoms with Gasteiger partial charge >= 0.3 is 15.5 Å². The van der Waals surface area contributed by atoms with Gasteiger partial charge in [0, 0.05) is 5.69 Å². The van der Waals surface area contributed by atoms with E-state index < -0.39 is 32.7 Å². The first-order valence-corrected chi connectivity index (χ1v) is 11.5. The minimum absolute atomic E-state index is 0.0438. The van der Waals surface area contributed by atoms with Crippen molar-refractivity contribution in [2.45, 2.75) is 24.9 Å². The summed E-state index contributed by atoms with van der Waals surface area (Å²) in [4.78, 5) is 15.7. The molecule has 0 unspecified atom stereocenters. The van der Waals surface area contributed by atoms with Crippen LogP contribution in [0.25, 0.3) is 0 Å². The Balaban J connectivity index is 2.06. The van der Waals surface area contributed by atoms with Gasteiger partial charge < -0.3 is 4.90 Å². The number of thiocarbonyl (C=S) groups is 1. The second-order valence-electron chi connectivity index (χ2n) is 7.31. The molecule has 0 spiro atoms. The third-order valence-electron chi connectivity index (χ3n) is 4.76. The number of carbonyl (C=O) groups excluding carboxylic acids is 1.